The van der Waals surface area contributed by atoms with Gasteiger partial charge in [-0.3, -0.25) is 4.79 Å². The topological polar surface area (TPSA) is 75.6 Å². The van der Waals surface area contributed by atoms with E-state index in [1.807, 2.05) is 0 Å². The van der Waals surface area contributed by atoms with Crippen LogP contribution in [0.5, 0.6) is 5.75 Å². The minimum atomic E-state index is -1.12. The van der Waals surface area contributed by atoms with Gasteiger partial charge in [0.1, 0.15) is 17.6 Å². The molecule has 0 aliphatic rings. The average molecular weight is 360 g/mol. The van der Waals surface area contributed by atoms with Crippen LogP contribution in [0.3, 0.4) is 0 Å². The van der Waals surface area contributed by atoms with Crippen LogP contribution in [0, 0.1) is 5.82 Å². The van der Waals surface area contributed by atoms with Gasteiger partial charge in [-0.2, -0.15) is 0 Å². The van der Waals surface area contributed by atoms with Crippen molar-refractivity contribution in [2.75, 3.05) is 6.61 Å². The molecule has 1 atom stereocenters. The highest BCUT2D eigenvalue weighted by atomic mass is 79.9. The van der Waals surface area contributed by atoms with E-state index < -0.39 is 23.7 Å². The predicted octanol–water partition coefficient (Wildman–Crippen LogP) is 2.50. The first-order valence-corrected chi connectivity index (χ1v) is 6.94. The summed E-state index contributed by atoms with van der Waals surface area (Å²) >= 11 is 3.11. The summed E-state index contributed by atoms with van der Waals surface area (Å²) in [4.78, 5) is 22.6. The van der Waals surface area contributed by atoms with E-state index in [1.54, 1.807) is 19.1 Å². The molecule has 1 rings (SSSR count). The number of benzene rings is 1. The maximum Gasteiger partial charge on any atom is 0.326 e. The van der Waals surface area contributed by atoms with Gasteiger partial charge in [-0.05, 0) is 47.5 Å². The monoisotopic (exact) mass is 359 g/mol. The Labute approximate surface area is 129 Å². The highest BCUT2D eigenvalue weighted by Gasteiger charge is 2.18. The third kappa shape index (κ3) is 5.95. The maximum atomic E-state index is 12.9. The summed E-state index contributed by atoms with van der Waals surface area (Å²) in [7, 11) is 0. The number of rotatable bonds is 7. The van der Waals surface area contributed by atoms with E-state index in [0.29, 0.717) is 10.2 Å². The van der Waals surface area contributed by atoms with E-state index in [2.05, 4.69) is 21.2 Å². The molecule has 0 fully saturated rings. The number of ether oxygens (including phenoxy) is 1. The summed E-state index contributed by atoms with van der Waals surface area (Å²) in [6.45, 7) is 1.40. The molecule has 0 radical (unpaired) electrons. The first kappa shape index (κ1) is 17.2. The number of carboxylic acids is 1. The Bertz CT molecular complexity index is 548. The van der Waals surface area contributed by atoms with Crippen molar-refractivity contribution in [1.82, 2.24) is 5.32 Å². The van der Waals surface area contributed by atoms with Crippen LogP contribution in [0.15, 0.2) is 34.8 Å². The second-order valence-corrected chi connectivity index (χ2v) is 4.98. The van der Waals surface area contributed by atoms with Gasteiger partial charge in [-0.15, -0.1) is 0 Å². The number of allylic oxidation sites excluding steroid dienone is 1. The van der Waals surface area contributed by atoms with Gasteiger partial charge >= 0.3 is 5.97 Å². The molecule has 1 unspecified atom stereocenters. The highest BCUT2D eigenvalue weighted by molar-refractivity contribution is 9.10. The quantitative estimate of drug-likeness (QED) is 0.733. The lowest BCUT2D eigenvalue weighted by atomic mass is 10.2. The van der Waals surface area contributed by atoms with Crippen molar-refractivity contribution >= 4 is 27.8 Å². The lowest BCUT2D eigenvalue weighted by Gasteiger charge is -2.13. The molecule has 2 N–H and O–H groups in total. The molecule has 0 aliphatic carbocycles. The summed E-state index contributed by atoms with van der Waals surface area (Å²) in [5, 5.41) is 11.3. The van der Waals surface area contributed by atoms with Crippen LogP contribution in [-0.2, 0) is 9.59 Å². The molecule has 1 amide bonds. The van der Waals surface area contributed by atoms with Crippen LogP contribution < -0.4 is 10.1 Å². The Morgan fingerprint density at radius 3 is 2.81 bits per heavy atom. The third-order valence-corrected chi connectivity index (χ3v) is 3.11. The molecular weight excluding hydrogens is 345 g/mol. The van der Waals surface area contributed by atoms with Crippen molar-refractivity contribution < 1.29 is 23.8 Å². The molecule has 0 aromatic heterocycles. The molecule has 0 spiro atoms. The van der Waals surface area contributed by atoms with Crippen LogP contribution in [0.4, 0.5) is 4.39 Å². The zero-order valence-corrected chi connectivity index (χ0v) is 12.9. The first-order valence-electron chi connectivity index (χ1n) is 6.15. The van der Waals surface area contributed by atoms with Gasteiger partial charge in [0.2, 0.25) is 0 Å². The van der Waals surface area contributed by atoms with E-state index in [1.165, 1.54) is 18.2 Å². The van der Waals surface area contributed by atoms with Crippen LogP contribution in [0.25, 0.3) is 0 Å². The van der Waals surface area contributed by atoms with E-state index in [0.717, 1.165) is 0 Å². The number of hydrogen-bond acceptors (Lipinski definition) is 3. The normalized spacial score (nSPS) is 12.1. The molecule has 7 heteroatoms. The molecule has 114 valence electrons. The molecule has 0 saturated heterocycles. The smallest absolute Gasteiger partial charge is 0.326 e. The highest BCUT2D eigenvalue weighted by Crippen LogP contribution is 2.25. The minimum absolute atomic E-state index is 0.192. The van der Waals surface area contributed by atoms with Gasteiger partial charge in [-0.25, -0.2) is 9.18 Å². The van der Waals surface area contributed by atoms with E-state index >= 15 is 0 Å². The molecule has 0 saturated carbocycles. The lowest BCUT2D eigenvalue weighted by molar-refractivity contribution is -0.142. The Balaban J connectivity index is 2.54. The van der Waals surface area contributed by atoms with Crippen molar-refractivity contribution in [3.63, 3.8) is 0 Å². The predicted molar refractivity (Wildman–Crippen MR) is 78.6 cm³/mol. The van der Waals surface area contributed by atoms with Crippen molar-refractivity contribution in [3.8, 4) is 5.75 Å². The van der Waals surface area contributed by atoms with Crippen LogP contribution in [0.2, 0.25) is 0 Å². The average Bonchev–Trinajstić information content (AvgIpc) is 2.42. The van der Waals surface area contributed by atoms with Crippen molar-refractivity contribution in [1.29, 1.82) is 0 Å². The number of halogens is 2. The number of hydrogen-bond donors (Lipinski definition) is 2. The van der Waals surface area contributed by atoms with Crippen LogP contribution in [0.1, 0.15) is 13.3 Å². The third-order valence-electron chi connectivity index (χ3n) is 2.49. The molecule has 0 bridgehead atoms. The fourth-order valence-electron chi connectivity index (χ4n) is 1.47. The Kier molecular flexibility index (Phi) is 6.87. The second-order valence-electron chi connectivity index (χ2n) is 4.13. The number of amides is 1. The maximum absolute atomic E-state index is 12.9. The van der Waals surface area contributed by atoms with Crippen molar-refractivity contribution in [2.24, 2.45) is 0 Å². The molecule has 0 heterocycles. The molecule has 21 heavy (non-hydrogen) atoms. The van der Waals surface area contributed by atoms with Crippen LogP contribution in [-0.4, -0.2) is 29.6 Å². The first-order chi connectivity index (χ1) is 9.93. The van der Waals surface area contributed by atoms with Gasteiger partial charge in [0.25, 0.3) is 5.91 Å². The van der Waals surface area contributed by atoms with E-state index in [4.69, 9.17) is 9.84 Å². The summed E-state index contributed by atoms with van der Waals surface area (Å²) in [5.74, 6) is -1.82. The SMILES string of the molecule is C/C=C/CC(NC(=O)COc1ccc(F)cc1Br)C(=O)O. The van der Waals surface area contributed by atoms with Gasteiger partial charge in [-0.1, -0.05) is 12.2 Å². The minimum Gasteiger partial charge on any atom is -0.483 e. The van der Waals surface area contributed by atoms with Crippen molar-refractivity contribution in [2.45, 2.75) is 19.4 Å². The number of carboxylic acid groups (broad SMARTS) is 1. The fourth-order valence-corrected chi connectivity index (χ4v) is 1.93. The van der Waals surface area contributed by atoms with Gasteiger partial charge < -0.3 is 15.2 Å². The second kappa shape index (κ2) is 8.41. The largest absolute Gasteiger partial charge is 0.483 e. The van der Waals surface area contributed by atoms with Gasteiger partial charge in [0, 0.05) is 0 Å². The fraction of sp³-hybridized carbons (Fsp3) is 0.286. The Hall–Kier alpha value is -1.89. The Morgan fingerprint density at radius 1 is 1.52 bits per heavy atom. The summed E-state index contributed by atoms with van der Waals surface area (Å²) in [5.41, 5.74) is 0. The molecule has 1 aromatic carbocycles. The van der Waals surface area contributed by atoms with E-state index in [9.17, 15) is 14.0 Å². The number of carbonyl (C=O) groups excluding carboxylic acids is 1. The van der Waals surface area contributed by atoms with Crippen molar-refractivity contribution in [3.05, 3.63) is 40.6 Å². The van der Waals surface area contributed by atoms with Crippen LogP contribution >= 0.6 is 15.9 Å². The molecule has 5 nitrogen and oxygen atoms in total. The molecule has 1 aromatic rings. The number of aliphatic carboxylic acids is 1. The molecule has 0 aliphatic heterocycles. The number of carbonyl (C=O) groups is 2. The summed E-state index contributed by atoms with van der Waals surface area (Å²) < 4.78 is 18.5. The zero-order valence-electron chi connectivity index (χ0n) is 11.3. The van der Waals surface area contributed by atoms with Gasteiger partial charge in [0.15, 0.2) is 6.61 Å². The summed E-state index contributed by atoms with van der Waals surface area (Å²) in [6, 6.07) is 2.78. The number of nitrogens with one attached hydrogen (secondary N) is 1. The van der Waals surface area contributed by atoms with Gasteiger partial charge in [0.05, 0.1) is 4.47 Å². The molecular formula is C14H15BrFNO4. The Morgan fingerprint density at radius 2 is 2.24 bits per heavy atom. The lowest BCUT2D eigenvalue weighted by Crippen LogP contribution is -2.42. The van der Waals surface area contributed by atoms with E-state index in [-0.39, 0.29) is 13.0 Å². The standard InChI is InChI=1S/C14H15BrFNO4/c1-2-3-4-11(14(19)20)17-13(18)8-21-12-6-5-9(16)7-10(12)15/h2-3,5-7,11H,4,8H2,1H3,(H,17,18)(H,19,20)/b3-2+. The summed E-state index contributed by atoms with van der Waals surface area (Å²) in [6.07, 6.45) is 3.54. The zero-order chi connectivity index (χ0) is 15.8.